The molecule has 2 nitrogen and oxygen atoms in total. The molecule has 3 heteroatoms. The van der Waals surface area contributed by atoms with Gasteiger partial charge in [0.15, 0.2) is 0 Å². The Morgan fingerprint density at radius 3 is 2.76 bits per heavy atom. The number of benzene rings is 1. The van der Waals surface area contributed by atoms with E-state index in [9.17, 15) is 0 Å². The average molecular weight is 246 g/mol. The van der Waals surface area contributed by atoms with E-state index >= 15 is 0 Å². The van der Waals surface area contributed by atoms with E-state index in [4.69, 9.17) is 0 Å². The molecule has 0 aliphatic carbocycles. The molecule has 1 heterocycles. The summed E-state index contributed by atoms with van der Waals surface area (Å²) >= 11 is 1.96. The normalized spacial score (nSPS) is 10.6. The number of H-pyrrole nitrogens is 1. The molecule has 1 aromatic carbocycles. The van der Waals surface area contributed by atoms with E-state index in [1.54, 1.807) is 6.33 Å². The molecule has 0 fully saturated rings. The van der Waals surface area contributed by atoms with Crippen molar-refractivity contribution in [2.45, 2.75) is 25.5 Å². The van der Waals surface area contributed by atoms with Crippen molar-refractivity contribution in [2.24, 2.45) is 0 Å². The Hall–Kier alpha value is -1.22. The summed E-state index contributed by atoms with van der Waals surface area (Å²) in [5.41, 5.74) is 3.82. The molecule has 0 radical (unpaired) electrons. The molecule has 90 valence electrons. The highest BCUT2D eigenvalue weighted by Gasteiger charge is 2.00. The third-order valence-electron chi connectivity index (χ3n) is 2.77. The first kappa shape index (κ1) is 12.2. The largest absolute Gasteiger partial charge is 0.348 e. The van der Waals surface area contributed by atoms with E-state index in [2.05, 4.69) is 47.2 Å². The number of nitrogens with zero attached hydrogens (tertiary/aromatic N) is 1. The summed E-state index contributed by atoms with van der Waals surface area (Å²) in [4.78, 5) is 7.41. The van der Waals surface area contributed by atoms with E-state index in [1.165, 1.54) is 35.5 Å². The molecule has 1 N–H and O–H groups in total. The quantitative estimate of drug-likeness (QED) is 0.789. The Balaban J connectivity index is 1.63. The number of hydrogen-bond acceptors (Lipinski definition) is 2. The van der Waals surface area contributed by atoms with Crippen LogP contribution in [0.1, 0.15) is 23.4 Å². The molecule has 0 spiro atoms. The van der Waals surface area contributed by atoms with Gasteiger partial charge in [-0.05, 0) is 31.1 Å². The van der Waals surface area contributed by atoms with Crippen LogP contribution in [0.5, 0.6) is 0 Å². The Bertz CT molecular complexity index is 436. The molecule has 0 amide bonds. The summed E-state index contributed by atoms with van der Waals surface area (Å²) in [6, 6.07) is 10.7. The van der Waals surface area contributed by atoms with Gasteiger partial charge in [-0.1, -0.05) is 30.3 Å². The molecule has 1 aromatic heterocycles. The van der Waals surface area contributed by atoms with Crippen molar-refractivity contribution in [3.8, 4) is 0 Å². The van der Waals surface area contributed by atoms with Crippen LogP contribution in [0, 0.1) is 6.92 Å². The van der Waals surface area contributed by atoms with Gasteiger partial charge in [0.1, 0.15) is 0 Å². The lowest BCUT2D eigenvalue weighted by Crippen LogP contribution is -1.90. The maximum Gasteiger partial charge on any atom is 0.0925 e. The number of aryl methyl sites for hydroxylation is 2. The molecule has 0 aliphatic rings. The van der Waals surface area contributed by atoms with Crippen LogP contribution >= 0.6 is 11.8 Å². The van der Waals surface area contributed by atoms with Crippen LogP contribution in [0.25, 0.3) is 0 Å². The van der Waals surface area contributed by atoms with Gasteiger partial charge in [0, 0.05) is 11.4 Å². The summed E-state index contributed by atoms with van der Waals surface area (Å²) < 4.78 is 0. The van der Waals surface area contributed by atoms with Gasteiger partial charge in [0.05, 0.1) is 12.0 Å². The number of thioether (sulfide) groups is 1. The first-order valence-electron chi connectivity index (χ1n) is 5.97. The summed E-state index contributed by atoms with van der Waals surface area (Å²) in [7, 11) is 0. The maximum atomic E-state index is 4.30. The molecular formula is C14H18N2S. The van der Waals surface area contributed by atoms with E-state index in [0.717, 1.165) is 5.75 Å². The lowest BCUT2D eigenvalue weighted by molar-refractivity contribution is 0.932. The molecule has 0 aliphatic heterocycles. The van der Waals surface area contributed by atoms with Crippen LogP contribution in [-0.2, 0) is 12.2 Å². The van der Waals surface area contributed by atoms with Crippen molar-refractivity contribution in [3.63, 3.8) is 0 Å². The van der Waals surface area contributed by atoms with Crippen molar-refractivity contribution in [1.29, 1.82) is 0 Å². The van der Waals surface area contributed by atoms with Crippen LogP contribution in [0.15, 0.2) is 36.7 Å². The standard InChI is InChI=1S/C14H18N2S/c1-12-14(16-11-15-12)10-17-9-5-8-13-6-3-2-4-7-13/h2-4,6-7,11H,5,8-10H2,1H3,(H,15,16). The minimum absolute atomic E-state index is 1.02. The highest BCUT2D eigenvalue weighted by molar-refractivity contribution is 7.98. The smallest absolute Gasteiger partial charge is 0.0925 e. The summed E-state index contributed by atoms with van der Waals surface area (Å²) in [5.74, 6) is 2.21. The molecular weight excluding hydrogens is 228 g/mol. The molecule has 17 heavy (non-hydrogen) atoms. The first-order chi connectivity index (χ1) is 8.36. The van der Waals surface area contributed by atoms with Crippen LogP contribution in [0.2, 0.25) is 0 Å². The molecule has 0 unspecified atom stereocenters. The highest BCUT2D eigenvalue weighted by atomic mass is 32.2. The van der Waals surface area contributed by atoms with Crippen molar-refractivity contribution in [1.82, 2.24) is 9.97 Å². The monoisotopic (exact) mass is 246 g/mol. The predicted molar refractivity (Wildman–Crippen MR) is 74.2 cm³/mol. The van der Waals surface area contributed by atoms with Crippen molar-refractivity contribution in [3.05, 3.63) is 53.6 Å². The third-order valence-corrected chi connectivity index (χ3v) is 3.82. The molecule has 2 aromatic rings. The summed E-state index contributed by atoms with van der Waals surface area (Å²) in [5, 5.41) is 0. The number of hydrogen-bond donors (Lipinski definition) is 1. The van der Waals surface area contributed by atoms with Gasteiger partial charge in [-0.2, -0.15) is 11.8 Å². The fourth-order valence-electron chi connectivity index (χ4n) is 1.72. The second-order valence-corrected chi connectivity index (χ2v) is 5.22. The molecule has 2 rings (SSSR count). The Morgan fingerprint density at radius 2 is 2.06 bits per heavy atom. The summed E-state index contributed by atoms with van der Waals surface area (Å²) in [6.45, 7) is 2.08. The van der Waals surface area contributed by atoms with Gasteiger partial charge >= 0.3 is 0 Å². The number of rotatable bonds is 6. The zero-order valence-corrected chi connectivity index (χ0v) is 11.0. The van der Waals surface area contributed by atoms with Crippen LogP contribution in [0.4, 0.5) is 0 Å². The minimum Gasteiger partial charge on any atom is -0.348 e. The topological polar surface area (TPSA) is 28.7 Å². The van der Waals surface area contributed by atoms with Crippen LogP contribution < -0.4 is 0 Å². The van der Waals surface area contributed by atoms with Crippen molar-refractivity contribution in [2.75, 3.05) is 5.75 Å². The zero-order chi connectivity index (χ0) is 11.9. The van der Waals surface area contributed by atoms with E-state index in [-0.39, 0.29) is 0 Å². The Kier molecular flexibility index (Phi) is 4.68. The predicted octanol–water partition coefficient (Wildman–Crippen LogP) is 3.58. The summed E-state index contributed by atoms with van der Waals surface area (Å²) in [6.07, 6.45) is 4.18. The first-order valence-corrected chi connectivity index (χ1v) is 7.12. The Labute approximate surface area is 107 Å². The Morgan fingerprint density at radius 1 is 1.24 bits per heavy atom. The lowest BCUT2D eigenvalue weighted by atomic mass is 10.1. The number of imidazole rings is 1. The van der Waals surface area contributed by atoms with Gasteiger partial charge in [0.2, 0.25) is 0 Å². The van der Waals surface area contributed by atoms with Crippen molar-refractivity contribution >= 4 is 11.8 Å². The minimum atomic E-state index is 1.02. The molecule has 0 atom stereocenters. The number of aromatic amines is 1. The SMILES string of the molecule is Cc1[nH]cnc1CSCCCc1ccccc1. The van der Waals surface area contributed by atoms with Gasteiger partial charge in [-0.25, -0.2) is 4.98 Å². The number of nitrogens with one attached hydrogen (secondary N) is 1. The second-order valence-electron chi connectivity index (χ2n) is 4.12. The van der Waals surface area contributed by atoms with Crippen molar-refractivity contribution < 1.29 is 0 Å². The van der Waals surface area contributed by atoms with Crippen LogP contribution in [-0.4, -0.2) is 15.7 Å². The molecule has 0 bridgehead atoms. The number of aromatic nitrogens is 2. The van der Waals surface area contributed by atoms with E-state index in [1.807, 2.05) is 11.8 Å². The van der Waals surface area contributed by atoms with E-state index < -0.39 is 0 Å². The average Bonchev–Trinajstić information content (AvgIpc) is 2.76. The zero-order valence-electron chi connectivity index (χ0n) is 10.1. The highest BCUT2D eigenvalue weighted by Crippen LogP contribution is 2.14. The van der Waals surface area contributed by atoms with Gasteiger partial charge in [0.25, 0.3) is 0 Å². The van der Waals surface area contributed by atoms with Crippen LogP contribution in [0.3, 0.4) is 0 Å². The van der Waals surface area contributed by atoms with Gasteiger partial charge in [-0.15, -0.1) is 0 Å². The van der Waals surface area contributed by atoms with Gasteiger partial charge in [-0.3, -0.25) is 0 Å². The molecule has 0 saturated carbocycles. The lowest BCUT2D eigenvalue weighted by Gasteiger charge is -2.01. The third kappa shape index (κ3) is 3.93. The fraction of sp³-hybridized carbons (Fsp3) is 0.357. The second kappa shape index (κ2) is 6.50. The maximum absolute atomic E-state index is 4.30. The van der Waals surface area contributed by atoms with Gasteiger partial charge < -0.3 is 4.98 Å². The molecule has 0 saturated heterocycles. The van der Waals surface area contributed by atoms with E-state index in [0.29, 0.717) is 0 Å². The fourth-order valence-corrected chi connectivity index (χ4v) is 2.70.